The molecule has 8 heteroatoms. The van der Waals surface area contributed by atoms with E-state index in [1.54, 1.807) is 12.3 Å². The van der Waals surface area contributed by atoms with Crippen LogP contribution in [0.3, 0.4) is 0 Å². The lowest BCUT2D eigenvalue weighted by Gasteiger charge is -2.06. The van der Waals surface area contributed by atoms with Crippen LogP contribution in [0.25, 0.3) is 11.0 Å². The van der Waals surface area contributed by atoms with Gasteiger partial charge >= 0.3 is 0 Å². The molecule has 1 atom stereocenters. The number of H-pyrrole nitrogens is 1. The van der Waals surface area contributed by atoms with E-state index < -0.39 is 5.82 Å². The molecule has 3 rings (SSSR count). The number of nitrogens with two attached hydrogens (primary N) is 1. The minimum absolute atomic E-state index is 0.0343. The maximum absolute atomic E-state index is 14.7. The third-order valence-corrected chi connectivity index (χ3v) is 3.81. The van der Waals surface area contributed by atoms with Crippen LogP contribution >= 0.6 is 11.6 Å². The molecule has 0 aliphatic heterocycles. The highest BCUT2D eigenvalue weighted by atomic mass is 35.5. The highest BCUT2D eigenvalue weighted by molar-refractivity contribution is 6.28. The minimum Gasteiger partial charge on any atom is -0.467 e. The van der Waals surface area contributed by atoms with Gasteiger partial charge in [-0.2, -0.15) is 9.97 Å². The van der Waals surface area contributed by atoms with Crippen molar-refractivity contribution < 1.29 is 8.81 Å². The van der Waals surface area contributed by atoms with Crippen molar-refractivity contribution in [3.63, 3.8) is 0 Å². The molecule has 3 heterocycles. The van der Waals surface area contributed by atoms with Crippen LogP contribution in [0.2, 0.25) is 5.28 Å². The van der Waals surface area contributed by atoms with Gasteiger partial charge in [0.15, 0.2) is 5.82 Å². The predicted molar refractivity (Wildman–Crippen MR) is 86.9 cm³/mol. The molecular weight excluding hydrogens is 321 g/mol. The third kappa shape index (κ3) is 3.30. The Labute approximate surface area is 137 Å². The fraction of sp³-hybridized carbons (Fsp3) is 0.333. The lowest BCUT2D eigenvalue weighted by molar-refractivity contribution is 0.518. The highest BCUT2D eigenvalue weighted by Crippen LogP contribution is 2.28. The summed E-state index contributed by atoms with van der Waals surface area (Å²) in [5.41, 5.74) is 6.67. The molecule has 0 fully saturated rings. The quantitative estimate of drug-likeness (QED) is 0.600. The molecule has 0 saturated carbocycles. The molecule has 0 amide bonds. The van der Waals surface area contributed by atoms with Gasteiger partial charge in [-0.3, -0.25) is 0 Å². The van der Waals surface area contributed by atoms with Crippen molar-refractivity contribution in [3.05, 3.63) is 41.0 Å². The van der Waals surface area contributed by atoms with Crippen molar-refractivity contribution in [1.82, 2.24) is 15.0 Å². The normalized spacial score (nSPS) is 12.7. The summed E-state index contributed by atoms with van der Waals surface area (Å²) in [7, 11) is 0. The molecule has 3 aromatic rings. The largest absolute Gasteiger partial charge is 0.467 e. The van der Waals surface area contributed by atoms with Crippen LogP contribution in [0, 0.1) is 5.82 Å². The number of aromatic nitrogens is 3. The molecule has 0 saturated heterocycles. The second-order valence-electron chi connectivity index (χ2n) is 5.29. The Balaban J connectivity index is 1.96. The number of furan rings is 1. The number of anilines is 1. The van der Waals surface area contributed by atoms with Crippen LogP contribution < -0.4 is 11.1 Å². The standard InChI is InChI=1S/C15H17ClFN5O/c1-2-8(18)6-10-12(17)11-13(19-7-9-4-3-5-23-9)21-15(16)22-14(11)20-10/h3-5,8H,2,6-7,18H2,1H3,(H2,19,20,21,22)/t8-/m0/s1. The van der Waals surface area contributed by atoms with Gasteiger partial charge in [0.25, 0.3) is 0 Å². The molecule has 0 aliphatic carbocycles. The summed E-state index contributed by atoms with van der Waals surface area (Å²) in [6.45, 7) is 2.32. The molecule has 6 nitrogen and oxygen atoms in total. The van der Waals surface area contributed by atoms with Gasteiger partial charge < -0.3 is 20.5 Å². The monoisotopic (exact) mass is 337 g/mol. The fourth-order valence-corrected chi connectivity index (χ4v) is 2.51. The fourth-order valence-electron chi connectivity index (χ4n) is 2.34. The first kappa shape index (κ1) is 15.8. The van der Waals surface area contributed by atoms with Gasteiger partial charge in [0.05, 0.1) is 23.9 Å². The number of nitrogens with one attached hydrogen (secondary N) is 2. The molecule has 0 spiro atoms. The van der Waals surface area contributed by atoms with Crippen molar-refractivity contribution in [3.8, 4) is 0 Å². The van der Waals surface area contributed by atoms with E-state index in [2.05, 4.69) is 20.3 Å². The van der Waals surface area contributed by atoms with Gasteiger partial charge in [0.1, 0.15) is 17.2 Å². The Kier molecular flexibility index (Phi) is 4.49. The van der Waals surface area contributed by atoms with Crippen molar-refractivity contribution in [2.75, 3.05) is 5.32 Å². The molecule has 0 bridgehead atoms. The van der Waals surface area contributed by atoms with Gasteiger partial charge in [0.2, 0.25) is 5.28 Å². The van der Waals surface area contributed by atoms with E-state index in [-0.39, 0.29) is 16.7 Å². The summed E-state index contributed by atoms with van der Waals surface area (Å²) in [4.78, 5) is 11.1. The molecule has 23 heavy (non-hydrogen) atoms. The first-order valence-corrected chi connectivity index (χ1v) is 7.71. The summed E-state index contributed by atoms with van der Waals surface area (Å²) in [5, 5.41) is 3.34. The van der Waals surface area contributed by atoms with Crippen LogP contribution in [-0.2, 0) is 13.0 Å². The van der Waals surface area contributed by atoms with Gasteiger partial charge in [-0.1, -0.05) is 6.92 Å². The van der Waals surface area contributed by atoms with E-state index in [1.807, 2.05) is 13.0 Å². The number of fused-ring (bicyclic) bond motifs is 1. The lowest BCUT2D eigenvalue weighted by atomic mass is 10.1. The lowest BCUT2D eigenvalue weighted by Crippen LogP contribution is -2.22. The summed E-state index contributed by atoms with van der Waals surface area (Å²) in [6, 6.07) is 3.47. The Bertz CT molecular complexity index is 802. The number of halogens is 2. The van der Waals surface area contributed by atoms with Crippen molar-refractivity contribution >= 4 is 28.5 Å². The molecule has 0 aromatic carbocycles. The average Bonchev–Trinajstić information content (AvgIpc) is 3.14. The molecular formula is C15H17ClFN5O. The number of hydrogen-bond acceptors (Lipinski definition) is 5. The number of nitrogens with zero attached hydrogens (tertiary/aromatic N) is 2. The zero-order valence-electron chi connectivity index (χ0n) is 12.6. The van der Waals surface area contributed by atoms with Crippen LogP contribution in [0.1, 0.15) is 24.8 Å². The zero-order chi connectivity index (χ0) is 16.4. The van der Waals surface area contributed by atoms with Crippen molar-refractivity contribution in [2.24, 2.45) is 5.73 Å². The SMILES string of the molecule is CC[C@H](N)Cc1[nH]c2nc(Cl)nc(NCc3ccco3)c2c1F. The molecule has 0 radical (unpaired) electrons. The predicted octanol–water partition coefficient (Wildman–Crippen LogP) is 3.24. The second kappa shape index (κ2) is 6.55. The van der Waals surface area contributed by atoms with E-state index in [9.17, 15) is 4.39 Å². The Hall–Kier alpha value is -2.12. The van der Waals surface area contributed by atoms with E-state index >= 15 is 0 Å². The Morgan fingerprint density at radius 2 is 2.30 bits per heavy atom. The van der Waals surface area contributed by atoms with Gasteiger partial charge in [-0.05, 0) is 30.2 Å². The maximum atomic E-state index is 14.7. The summed E-state index contributed by atoms with van der Waals surface area (Å²) in [5.74, 6) is 0.626. The van der Waals surface area contributed by atoms with Crippen LogP contribution in [0.5, 0.6) is 0 Å². The smallest absolute Gasteiger partial charge is 0.226 e. The minimum atomic E-state index is -0.400. The Morgan fingerprint density at radius 1 is 1.48 bits per heavy atom. The summed E-state index contributed by atoms with van der Waals surface area (Å²) >= 11 is 5.93. The first-order chi connectivity index (χ1) is 11.1. The van der Waals surface area contributed by atoms with Gasteiger partial charge in [-0.25, -0.2) is 4.39 Å². The van der Waals surface area contributed by atoms with E-state index in [1.165, 1.54) is 0 Å². The highest BCUT2D eigenvalue weighted by Gasteiger charge is 2.19. The third-order valence-electron chi connectivity index (χ3n) is 3.64. The topological polar surface area (TPSA) is 92.8 Å². The van der Waals surface area contributed by atoms with Crippen LogP contribution in [0.4, 0.5) is 10.2 Å². The van der Waals surface area contributed by atoms with Gasteiger partial charge in [0, 0.05) is 12.5 Å². The van der Waals surface area contributed by atoms with Crippen LogP contribution in [-0.4, -0.2) is 21.0 Å². The van der Waals surface area contributed by atoms with E-state index in [4.69, 9.17) is 21.8 Å². The number of aromatic amines is 1. The maximum Gasteiger partial charge on any atom is 0.226 e. The zero-order valence-corrected chi connectivity index (χ0v) is 13.3. The molecule has 4 N–H and O–H groups in total. The summed E-state index contributed by atoms with van der Waals surface area (Å²) in [6.07, 6.45) is 2.72. The van der Waals surface area contributed by atoms with E-state index in [0.29, 0.717) is 35.9 Å². The van der Waals surface area contributed by atoms with Crippen molar-refractivity contribution in [1.29, 1.82) is 0 Å². The first-order valence-electron chi connectivity index (χ1n) is 7.34. The van der Waals surface area contributed by atoms with Crippen LogP contribution in [0.15, 0.2) is 22.8 Å². The number of rotatable bonds is 6. The van der Waals surface area contributed by atoms with E-state index in [0.717, 1.165) is 6.42 Å². The molecule has 122 valence electrons. The summed E-state index contributed by atoms with van der Waals surface area (Å²) < 4.78 is 20.0. The number of hydrogen-bond donors (Lipinski definition) is 3. The molecule has 3 aromatic heterocycles. The van der Waals surface area contributed by atoms with Crippen molar-refractivity contribution in [2.45, 2.75) is 32.4 Å². The molecule has 0 unspecified atom stereocenters. The molecule has 0 aliphatic rings. The van der Waals surface area contributed by atoms with Gasteiger partial charge in [-0.15, -0.1) is 0 Å². The Morgan fingerprint density at radius 3 is 3.00 bits per heavy atom. The second-order valence-corrected chi connectivity index (χ2v) is 5.63. The average molecular weight is 338 g/mol.